The van der Waals surface area contributed by atoms with Crippen molar-refractivity contribution in [3.8, 4) is 0 Å². The molecule has 0 spiro atoms. The summed E-state index contributed by atoms with van der Waals surface area (Å²) in [5, 5.41) is 0. The molecule has 2 N–H and O–H groups in total. The molecule has 1 fully saturated rings. The number of likely N-dealkylation sites (tertiary alicyclic amines) is 1. The van der Waals surface area contributed by atoms with Crippen molar-refractivity contribution in [2.24, 2.45) is 5.73 Å². The van der Waals surface area contributed by atoms with E-state index in [-0.39, 0.29) is 0 Å². The van der Waals surface area contributed by atoms with Crippen molar-refractivity contribution in [1.82, 2.24) is 4.90 Å². The average molecular weight is 261 g/mol. The molecule has 0 aromatic carbocycles. The van der Waals surface area contributed by atoms with Crippen LogP contribution in [0.3, 0.4) is 0 Å². The van der Waals surface area contributed by atoms with Crippen LogP contribution < -0.4 is 5.73 Å². The minimum atomic E-state index is 0.626. The monoisotopic (exact) mass is 260 g/mol. The molecule has 0 aliphatic carbocycles. The number of halogens is 1. The van der Waals surface area contributed by atoms with Crippen LogP contribution in [0.5, 0.6) is 0 Å². The molecule has 1 atom stereocenters. The van der Waals surface area contributed by atoms with E-state index in [9.17, 15) is 0 Å². The second-order valence-corrected chi connectivity index (χ2v) is 5.90. The van der Waals surface area contributed by atoms with Crippen LogP contribution >= 0.6 is 27.3 Å². The molecule has 2 rings (SSSR count). The fourth-order valence-electron chi connectivity index (χ4n) is 1.61. The Morgan fingerprint density at radius 2 is 2.46 bits per heavy atom. The van der Waals surface area contributed by atoms with Crippen LogP contribution in [0.15, 0.2) is 15.9 Å². The zero-order valence-electron chi connectivity index (χ0n) is 7.37. The third kappa shape index (κ3) is 2.13. The molecule has 72 valence electrons. The highest BCUT2D eigenvalue weighted by Gasteiger charge is 2.26. The van der Waals surface area contributed by atoms with Crippen molar-refractivity contribution in [2.45, 2.75) is 19.0 Å². The normalized spacial score (nSPS) is 23.1. The van der Waals surface area contributed by atoms with E-state index in [1.165, 1.54) is 21.6 Å². The molecule has 13 heavy (non-hydrogen) atoms. The van der Waals surface area contributed by atoms with Gasteiger partial charge in [0.05, 0.1) is 3.79 Å². The van der Waals surface area contributed by atoms with Gasteiger partial charge in [-0.1, -0.05) is 0 Å². The van der Waals surface area contributed by atoms with E-state index in [1.807, 2.05) is 11.3 Å². The summed E-state index contributed by atoms with van der Waals surface area (Å²) in [5.74, 6) is 0. The van der Waals surface area contributed by atoms with E-state index in [0.29, 0.717) is 6.04 Å². The highest BCUT2D eigenvalue weighted by molar-refractivity contribution is 9.11. The largest absolute Gasteiger partial charge is 0.329 e. The Hall–Kier alpha value is 0.1000. The molecule has 1 unspecified atom stereocenters. The minimum Gasteiger partial charge on any atom is -0.329 e. The summed E-state index contributed by atoms with van der Waals surface area (Å²) in [7, 11) is 0. The summed E-state index contributed by atoms with van der Waals surface area (Å²) in [6.07, 6.45) is 1.27. The number of rotatable bonds is 3. The van der Waals surface area contributed by atoms with E-state index in [0.717, 1.165) is 13.1 Å². The van der Waals surface area contributed by atoms with Crippen LogP contribution in [0, 0.1) is 0 Å². The highest BCUT2D eigenvalue weighted by atomic mass is 79.9. The van der Waals surface area contributed by atoms with Crippen LogP contribution in [0.2, 0.25) is 0 Å². The number of hydrogen-bond acceptors (Lipinski definition) is 3. The quantitative estimate of drug-likeness (QED) is 0.902. The van der Waals surface area contributed by atoms with Gasteiger partial charge in [-0.05, 0) is 34.5 Å². The van der Waals surface area contributed by atoms with Gasteiger partial charge in [0, 0.05) is 30.6 Å². The van der Waals surface area contributed by atoms with Crippen molar-refractivity contribution < 1.29 is 0 Å². The van der Waals surface area contributed by atoms with Gasteiger partial charge in [-0.2, -0.15) is 0 Å². The first kappa shape index (κ1) is 9.65. The van der Waals surface area contributed by atoms with Crippen LogP contribution in [0.4, 0.5) is 0 Å². The molecule has 0 bridgehead atoms. The topological polar surface area (TPSA) is 29.3 Å². The number of nitrogens with zero attached hydrogens (tertiary/aromatic N) is 1. The fourth-order valence-corrected chi connectivity index (χ4v) is 3.12. The van der Waals surface area contributed by atoms with Gasteiger partial charge < -0.3 is 5.73 Å². The molecule has 1 saturated heterocycles. The van der Waals surface area contributed by atoms with Gasteiger partial charge in [0.1, 0.15) is 0 Å². The fraction of sp³-hybridized carbons (Fsp3) is 0.556. The Balaban J connectivity index is 1.91. The first-order valence-electron chi connectivity index (χ1n) is 4.48. The lowest BCUT2D eigenvalue weighted by atomic mass is 10.0. The highest BCUT2D eigenvalue weighted by Crippen LogP contribution is 2.26. The Morgan fingerprint density at radius 3 is 2.92 bits per heavy atom. The zero-order chi connectivity index (χ0) is 9.26. The molecule has 0 saturated carbocycles. The molecule has 2 heterocycles. The van der Waals surface area contributed by atoms with Gasteiger partial charge in [0.15, 0.2) is 0 Å². The van der Waals surface area contributed by atoms with Gasteiger partial charge in [-0.25, -0.2) is 0 Å². The molecule has 1 aliphatic heterocycles. The smallest absolute Gasteiger partial charge is 0.0701 e. The summed E-state index contributed by atoms with van der Waals surface area (Å²) in [5.41, 5.74) is 5.64. The van der Waals surface area contributed by atoms with Gasteiger partial charge >= 0.3 is 0 Å². The van der Waals surface area contributed by atoms with Crippen LogP contribution in [0.25, 0.3) is 0 Å². The standard InChI is InChI=1S/C9H13BrN2S/c10-9-2-1-8(13-9)6-12-4-3-7(12)5-11/h1-2,7H,3-6,11H2. The molecule has 0 amide bonds. The predicted octanol–water partition coefficient (Wildman–Crippen LogP) is 2.04. The van der Waals surface area contributed by atoms with Crippen molar-refractivity contribution >= 4 is 27.3 Å². The van der Waals surface area contributed by atoms with Crippen LogP contribution in [0.1, 0.15) is 11.3 Å². The Morgan fingerprint density at radius 1 is 1.62 bits per heavy atom. The summed E-state index contributed by atoms with van der Waals surface area (Å²) in [4.78, 5) is 3.86. The second kappa shape index (κ2) is 4.09. The van der Waals surface area contributed by atoms with E-state index < -0.39 is 0 Å². The number of hydrogen-bond donors (Lipinski definition) is 1. The first-order valence-corrected chi connectivity index (χ1v) is 6.09. The third-order valence-corrected chi connectivity index (χ3v) is 4.13. The molecule has 0 radical (unpaired) electrons. The predicted molar refractivity (Wildman–Crippen MR) is 59.9 cm³/mol. The zero-order valence-corrected chi connectivity index (χ0v) is 9.77. The first-order chi connectivity index (χ1) is 6.29. The van der Waals surface area contributed by atoms with E-state index in [2.05, 4.69) is 33.0 Å². The maximum absolute atomic E-state index is 5.64. The maximum Gasteiger partial charge on any atom is 0.0701 e. The summed E-state index contributed by atoms with van der Waals surface area (Å²) in [6.45, 7) is 3.07. The summed E-state index contributed by atoms with van der Waals surface area (Å²) >= 11 is 5.28. The summed E-state index contributed by atoms with van der Waals surface area (Å²) < 4.78 is 1.22. The number of nitrogens with two attached hydrogens (primary N) is 1. The van der Waals surface area contributed by atoms with E-state index in [4.69, 9.17) is 5.73 Å². The minimum absolute atomic E-state index is 0.626. The van der Waals surface area contributed by atoms with Crippen LogP contribution in [-0.2, 0) is 6.54 Å². The molecule has 1 aliphatic rings. The SMILES string of the molecule is NCC1CCN1Cc1ccc(Br)s1. The number of thiophene rings is 1. The molecular weight excluding hydrogens is 248 g/mol. The molecule has 1 aromatic heterocycles. The molecule has 1 aromatic rings. The average Bonchev–Trinajstić information content (AvgIpc) is 2.46. The Labute approximate surface area is 90.9 Å². The van der Waals surface area contributed by atoms with Crippen LogP contribution in [-0.4, -0.2) is 24.0 Å². The lowest BCUT2D eigenvalue weighted by Crippen LogP contribution is -2.50. The molecule has 2 nitrogen and oxygen atoms in total. The van der Waals surface area contributed by atoms with E-state index >= 15 is 0 Å². The summed E-state index contributed by atoms with van der Waals surface area (Å²) in [6, 6.07) is 4.92. The van der Waals surface area contributed by atoms with Gasteiger partial charge in [0.2, 0.25) is 0 Å². The van der Waals surface area contributed by atoms with Crippen molar-refractivity contribution in [3.05, 3.63) is 20.8 Å². The van der Waals surface area contributed by atoms with Crippen molar-refractivity contribution in [2.75, 3.05) is 13.1 Å². The van der Waals surface area contributed by atoms with Gasteiger partial charge in [-0.15, -0.1) is 11.3 Å². The maximum atomic E-state index is 5.64. The lowest BCUT2D eigenvalue weighted by molar-refractivity contribution is 0.0894. The molecule has 4 heteroatoms. The second-order valence-electron chi connectivity index (χ2n) is 3.35. The third-order valence-electron chi connectivity index (χ3n) is 2.53. The lowest BCUT2D eigenvalue weighted by Gasteiger charge is -2.40. The van der Waals surface area contributed by atoms with Crippen molar-refractivity contribution in [3.63, 3.8) is 0 Å². The van der Waals surface area contributed by atoms with Gasteiger partial charge in [0.25, 0.3) is 0 Å². The Bertz CT molecular complexity index is 285. The van der Waals surface area contributed by atoms with Crippen molar-refractivity contribution in [1.29, 1.82) is 0 Å². The van der Waals surface area contributed by atoms with Gasteiger partial charge in [-0.3, -0.25) is 4.90 Å². The van der Waals surface area contributed by atoms with E-state index in [1.54, 1.807) is 0 Å². The Kier molecular flexibility index (Phi) is 3.03. The molecular formula is C9H13BrN2S.